The summed E-state index contributed by atoms with van der Waals surface area (Å²) in [5.74, 6) is 0.700. The van der Waals surface area contributed by atoms with Gasteiger partial charge in [0.25, 0.3) is 0 Å². The number of H-pyrrole nitrogens is 1. The summed E-state index contributed by atoms with van der Waals surface area (Å²) >= 11 is 0. The van der Waals surface area contributed by atoms with Gasteiger partial charge in [0, 0.05) is 30.2 Å². The fourth-order valence-corrected chi connectivity index (χ4v) is 2.38. The van der Waals surface area contributed by atoms with Crippen molar-refractivity contribution >= 4 is 0 Å². The van der Waals surface area contributed by atoms with Crippen LogP contribution in [-0.4, -0.2) is 20.1 Å². The average molecular weight is 215 g/mol. The lowest BCUT2D eigenvalue weighted by atomic mass is 9.99. The third kappa shape index (κ3) is 1.42. The number of hydrogen-bond donors (Lipinski definition) is 2. The Morgan fingerprint density at radius 1 is 1.38 bits per heavy atom. The molecular formula is C12H13N3O. The summed E-state index contributed by atoms with van der Waals surface area (Å²) in [5.41, 5.74) is 2.27. The first-order valence-electron chi connectivity index (χ1n) is 5.47. The molecule has 2 N–H and O–H groups in total. The number of imidazole rings is 1. The van der Waals surface area contributed by atoms with Gasteiger partial charge < -0.3 is 10.1 Å². The summed E-state index contributed by atoms with van der Waals surface area (Å²) in [6.07, 6.45) is 6.53. The lowest BCUT2D eigenvalue weighted by Crippen LogP contribution is -2.10. The fraction of sp³-hybridized carbons (Fsp3) is 0.333. The van der Waals surface area contributed by atoms with Crippen LogP contribution in [-0.2, 0) is 6.42 Å². The number of hydrogen-bond acceptors (Lipinski definition) is 3. The van der Waals surface area contributed by atoms with E-state index in [1.165, 1.54) is 5.56 Å². The van der Waals surface area contributed by atoms with Gasteiger partial charge in [0.1, 0.15) is 11.9 Å². The molecule has 3 rings (SSSR count). The Bertz CT molecular complexity index is 481. The first kappa shape index (κ1) is 9.54. The Hall–Kier alpha value is -1.68. The maximum atomic E-state index is 10.2. The molecule has 0 aliphatic heterocycles. The van der Waals surface area contributed by atoms with Crippen LogP contribution < -0.4 is 0 Å². The summed E-state index contributed by atoms with van der Waals surface area (Å²) in [6.45, 7) is 0. The van der Waals surface area contributed by atoms with Crippen molar-refractivity contribution in [2.24, 2.45) is 0 Å². The van der Waals surface area contributed by atoms with E-state index in [2.05, 4.69) is 21.0 Å². The van der Waals surface area contributed by atoms with E-state index >= 15 is 0 Å². The van der Waals surface area contributed by atoms with E-state index in [9.17, 15) is 5.11 Å². The van der Waals surface area contributed by atoms with Gasteiger partial charge in [0.05, 0.1) is 0 Å². The number of aliphatic hydroxyl groups is 1. The number of nitrogens with zero attached hydrogens (tertiary/aromatic N) is 2. The minimum Gasteiger partial charge on any atom is -0.384 e. The molecule has 0 bridgehead atoms. The second-order valence-corrected chi connectivity index (χ2v) is 4.11. The maximum absolute atomic E-state index is 10.2. The van der Waals surface area contributed by atoms with Gasteiger partial charge in [-0.3, -0.25) is 4.98 Å². The molecule has 0 saturated heterocycles. The van der Waals surface area contributed by atoms with Crippen LogP contribution >= 0.6 is 0 Å². The standard InChI is InChI=1S/C12H13N3O/c16-11(12-14-6-7-15-12)9-4-3-8-2-1-5-13-10(8)9/h1-2,5-7,9,11,16H,3-4H2,(H,14,15). The zero-order valence-corrected chi connectivity index (χ0v) is 8.80. The number of rotatable bonds is 2. The maximum Gasteiger partial charge on any atom is 0.135 e. The van der Waals surface area contributed by atoms with Crippen LogP contribution in [0, 0.1) is 0 Å². The van der Waals surface area contributed by atoms with Gasteiger partial charge in [-0.25, -0.2) is 4.98 Å². The highest BCUT2D eigenvalue weighted by atomic mass is 16.3. The van der Waals surface area contributed by atoms with Gasteiger partial charge in [-0.15, -0.1) is 0 Å². The number of nitrogens with one attached hydrogen (secondary N) is 1. The Balaban J connectivity index is 1.93. The number of aromatic amines is 1. The predicted molar refractivity (Wildman–Crippen MR) is 58.8 cm³/mol. The van der Waals surface area contributed by atoms with Gasteiger partial charge >= 0.3 is 0 Å². The number of pyridine rings is 1. The molecule has 16 heavy (non-hydrogen) atoms. The van der Waals surface area contributed by atoms with Crippen LogP contribution in [0.1, 0.15) is 35.5 Å². The molecule has 0 spiro atoms. The van der Waals surface area contributed by atoms with Crippen LogP contribution in [0.5, 0.6) is 0 Å². The highest BCUT2D eigenvalue weighted by Gasteiger charge is 2.31. The lowest BCUT2D eigenvalue weighted by Gasteiger charge is -2.15. The number of aryl methyl sites for hydroxylation is 1. The Labute approximate surface area is 93.4 Å². The van der Waals surface area contributed by atoms with Crippen molar-refractivity contribution in [3.05, 3.63) is 47.8 Å². The van der Waals surface area contributed by atoms with E-state index in [1.807, 2.05) is 6.07 Å². The molecule has 0 aromatic carbocycles. The molecule has 0 radical (unpaired) electrons. The summed E-state index contributed by atoms with van der Waals surface area (Å²) < 4.78 is 0. The second-order valence-electron chi connectivity index (χ2n) is 4.11. The summed E-state index contributed by atoms with van der Waals surface area (Å²) in [5, 5.41) is 10.2. The molecule has 0 fully saturated rings. The predicted octanol–water partition coefficient (Wildman–Crippen LogP) is 1.57. The molecule has 2 atom stereocenters. The van der Waals surface area contributed by atoms with E-state index in [4.69, 9.17) is 0 Å². The molecule has 1 aliphatic rings. The smallest absolute Gasteiger partial charge is 0.135 e. The molecule has 2 aromatic rings. The summed E-state index contributed by atoms with van der Waals surface area (Å²) in [4.78, 5) is 11.4. The number of aromatic nitrogens is 3. The Morgan fingerprint density at radius 2 is 2.31 bits per heavy atom. The second kappa shape index (κ2) is 3.72. The summed E-state index contributed by atoms with van der Waals surface area (Å²) in [7, 11) is 0. The normalized spacial score (nSPS) is 20.7. The Kier molecular flexibility index (Phi) is 2.22. The molecule has 2 heterocycles. The molecule has 82 valence electrons. The summed E-state index contributed by atoms with van der Waals surface area (Å²) in [6, 6.07) is 4.03. The molecule has 4 nitrogen and oxygen atoms in total. The van der Waals surface area contributed by atoms with Crippen LogP contribution in [0.25, 0.3) is 0 Å². The van der Waals surface area contributed by atoms with Gasteiger partial charge in [0.15, 0.2) is 0 Å². The van der Waals surface area contributed by atoms with E-state index in [1.54, 1.807) is 18.6 Å². The van der Waals surface area contributed by atoms with Crippen molar-refractivity contribution in [1.82, 2.24) is 15.0 Å². The Morgan fingerprint density at radius 3 is 3.12 bits per heavy atom. The van der Waals surface area contributed by atoms with Crippen LogP contribution in [0.2, 0.25) is 0 Å². The van der Waals surface area contributed by atoms with Crippen LogP contribution in [0.15, 0.2) is 30.7 Å². The molecule has 0 saturated carbocycles. The van der Waals surface area contributed by atoms with Crippen LogP contribution in [0.3, 0.4) is 0 Å². The first-order valence-corrected chi connectivity index (χ1v) is 5.47. The first-order chi connectivity index (χ1) is 7.86. The highest BCUT2D eigenvalue weighted by molar-refractivity contribution is 5.30. The average Bonchev–Trinajstić information content (AvgIpc) is 2.98. The van der Waals surface area contributed by atoms with Gasteiger partial charge in [-0.2, -0.15) is 0 Å². The zero-order chi connectivity index (χ0) is 11.0. The topological polar surface area (TPSA) is 61.8 Å². The van der Waals surface area contributed by atoms with E-state index < -0.39 is 6.10 Å². The van der Waals surface area contributed by atoms with Crippen molar-refractivity contribution in [2.75, 3.05) is 0 Å². The monoisotopic (exact) mass is 215 g/mol. The largest absolute Gasteiger partial charge is 0.384 e. The minimum absolute atomic E-state index is 0.0716. The van der Waals surface area contributed by atoms with E-state index in [-0.39, 0.29) is 5.92 Å². The quantitative estimate of drug-likeness (QED) is 0.799. The number of aliphatic hydroxyl groups excluding tert-OH is 1. The third-order valence-electron chi connectivity index (χ3n) is 3.18. The molecule has 2 aromatic heterocycles. The van der Waals surface area contributed by atoms with Crippen molar-refractivity contribution < 1.29 is 5.11 Å². The van der Waals surface area contributed by atoms with E-state index in [0.29, 0.717) is 5.82 Å². The molecular weight excluding hydrogens is 202 g/mol. The highest BCUT2D eigenvalue weighted by Crippen LogP contribution is 2.39. The van der Waals surface area contributed by atoms with Gasteiger partial charge in [-0.05, 0) is 24.5 Å². The van der Waals surface area contributed by atoms with Gasteiger partial charge in [0.2, 0.25) is 0 Å². The van der Waals surface area contributed by atoms with Crippen molar-refractivity contribution in [3.63, 3.8) is 0 Å². The fourth-order valence-electron chi connectivity index (χ4n) is 2.38. The molecule has 2 unspecified atom stereocenters. The SMILES string of the molecule is OC(c1ncc[nH]1)C1CCc2cccnc21. The molecule has 0 amide bonds. The number of fused-ring (bicyclic) bond motifs is 1. The van der Waals surface area contributed by atoms with Crippen molar-refractivity contribution in [3.8, 4) is 0 Å². The van der Waals surface area contributed by atoms with Crippen LogP contribution in [0.4, 0.5) is 0 Å². The van der Waals surface area contributed by atoms with Gasteiger partial charge in [-0.1, -0.05) is 6.07 Å². The molecule has 1 aliphatic carbocycles. The molecule has 4 heteroatoms. The van der Waals surface area contributed by atoms with Crippen molar-refractivity contribution in [1.29, 1.82) is 0 Å². The zero-order valence-electron chi connectivity index (χ0n) is 8.80. The van der Waals surface area contributed by atoms with E-state index in [0.717, 1.165) is 18.5 Å². The lowest BCUT2D eigenvalue weighted by molar-refractivity contribution is 0.135. The minimum atomic E-state index is -0.578. The van der Waals surface area contributed by atoms with Crippen molar-refractivity contribution in [2.45, 2.75) is 24.9 Å². The third-order valence-corrected chi connectivity index (χ3v) is 3.18.